The minimum Gasteiger partial charge on any atom is -0.480 e. The van der Waals surface area contributed by atoms with Gasteiger partial charge in [-0.3, -0.25) is 4.79 Å². The number of carboxylic acids is 1. The third kappa shape index (κ3) is 3.89. The monoisotopic (exact) mass is 314 g/mol. The Hall–Kier alpha value is -2.35. The van der Waals surface area contributed by atoms with E-state index in [1.165, 1.54) is 0 Å². The van der Waals surface area contributed by atoms with Gasteiger partial charge in [-0.1, -0.05) is 25.5 Å². The van der Waals surface area contributed by atoms with Gasteiger partial charge < -0.3 is 10.4 Å². The summed E-state index contributed by atoms with van der Waals surface area (Å²) >= 11 is 0. The SMILES string of the molecule is CCC1CCC(NC(=O)c2cccc(CC#N)c2)(C(=O)O)CC1. The lowest BCUT2D eigenvalue weighted by Gasteiger charge is -2.37. The molecule has 0 unspecified atom stereocenters. The van der Waals surface area contributed by atoms with Crippen LogP contribution in [0.2, 0.25) is 0 Å². The number of hydrogen-bond acceptors (Lipinski definition) is 3. The molecule has 2 rings (SSSR count). The van der Waals surface area contributed by atoms with E-state index in [4.69, 9.17) is 5.26 Å². The Morgan fingerprint density at radius 3 is 2.65 bits per heavy atom. The standard InChI is InChI=1S/C18H22N2O3/c1-2-13-6-9-18(10-7-13,17(22)23)20-16(21)15-5-3-4-14(12-15)8-11-19/h3-5,12-13H,2,6-10H2,1H3,(H,20,21)(H,22,23). The average molecular weight is 314 g/mol. The summed E-state index contributed by atoms with van der Waals surface area (Å²) < 4.78 is 0. The Kier molecular flexibility index (Phi) is 5.38. The topological polar surface area (TPSA) is 90.2 Å². The van der Waals surface area contributed by atoms with Crippen molar-refractivity contribution in [2.45, 2.75) is 51.0 Å². The molecule has 0 atom stereocenters. The molecule has 23 heavy (non-hydrogen) atoms. The maximum atomic E-state index is 12.5. The first-order valence-corrected chi connectivity index (χ1v) is 8.02. The highest BCUT2D eigenvalue weighted by atomic mass is 16.4. The van der Waals surface area contributed by atoms with Gasteiger partial charge in [-0.2, -0.15) is 5.26 Å². The number of amides is 1. The number of nitriles is 1. The van der Waals surface area contributed by atoms with E-state index in [2.05, 4.69) is 12.2 Å². The Bertz CT molecular complexity index is 625. The lowest BCUT2D eigenvalue weighted by atomic mass is 9.75. The number of carbonyl (C=O) groups is 2. The molecule has 2 N–H and O–H groups in total. The van der Waals surface area contributed by atoms with Crippen molar-refractivity contribution in [2.75, 3.05) is 0 Å². The second-order valence-corrected chi connectivity index (χ2v) is 6.23. The summed E-state index contributed by atoms with van der Waals surface area (Å²) in [6.45, 7) is 2.11. The maximum absolute atomic E-state index is 12.5. The molecule has 5 heteroatoms. The molecule has 1 aromatic carbocycles. The zero-order valence-corrected chi connectivity index (χ0v) is 13.3. The summed E-state index contributed by atoms with van der Waals surface area (Å²) in [4.78, 5) is 24.2. The number of hydrogen-bond donors (Lipinski definition) is 2. The molecule has 1 saturated carbocycles. The summed E-state index contributed by atoms with van der Waals surface area (Å²) in [5, 5.41) is 21.1. The van der Waals surface area contributed by atoms with E-state index in [0.29, 0.717) is 24.3 Å². The first-order valence-electron chi connectivity index (χ1n) is 8.02. The van der Waals surface area contributed by atoms with Crippen molar-refractivity contribution in [1.82, 2.24) is 5.32 Å². The Morgan fingerprint density at radius 1 is 1.39 bits per heavy atom. The quantitative estimate of drug-likeness (QED) is 0.874. The van der Waals surface area contributed by atoms with Gasteiger partial charge in [-0.15, -0.1) is 0 Å². The number of rotatable bonds is 5. The summed E-state index contributed by atoms with van der Waals surface area (Å²) in [6.07, 6.45) is 3.83. The van der Waals surface area contributed by atoms with Crippen molar-refractivity contribution in [3.05, 3.63) is 35.4 Å². The van der Waals surface area contributed by atoms with Crippen LogP contribution >= 0.6 is 0 Å². The van der Waals surface area contributed by atoms with Crippen molar-refractivity contribution < 1.29 is 14.7 Å². The Labute approximate surface area is 136 Å². The van der Waals surface area contributed by atoms with E-state index in [-0.39, 0.29) is 12.3 Å². The van der Waals surface area contributed by atoms with Gasteiger partial charge in [0, 0.05) is 5.56 Å². The fourth-order valence-electron chi connectivity index (χ4n) is 3.17. The molecular weight excluding hydrogens is 292 g/mol. The minimum atomic E-state index is -1.17. The van der Waals surface area contributed by atoms with E-state index in [9.17, 15) is 14.7 Å². The van der Waals surface area contributed by atoms with Crippen LogP contribution in [0.3, 0.4) is 0 Å². The smallest absolute Gasteiger partial charge is 0.329 e. The van der Waals surface area contributed by atoms with Crippen molar-refractivity contribution in [1.29, 1.82) is 5.26 Å². The largest absolute Gasteiger partial charge is 0.480 e. The van der Waals surface area contributed by atoms with Gasteiger partial charge in [-0.05, 0) is 49.3 Å². The number of benzene rings is 1. The molecule has 0 saturated heterocycles. The van der Waals surface area contributed by atoms with E-state index in [1.54, 1.807) is 24.3 Å². The van der Waals surface area contributed by atoms with Crippen LogP contribution in [0.15, 0.2) is 24.3 Å². The molecule has 0 aliphatic heterocycles. The molecule has 0 bridgehead atoms. The van der Waals surface area contributed by atoms with Crippen LogP contribution < -0.4 is 5.32 Å². The van der Waals surface area contributed by atoms with Crippen molar-refractivity contribution in [3.63, 3.8) is 0 Å². The van der Waals surface area contributed by atoms with E-state index in [0.717, 1.165) is 24.8 Å². The molecule has 1 aliphatic rings. The number of nitrogens with zero attached hydrogens (tertiary/aromatic N) is 1. The molecule has 5 nitrogen and oxygen atoms in total. The van der Waals surface area contributed by atoms with Crippen LogP contribution in [0, 0.1) is 17.2 Å². The average Bonchev–Trinajstić information content (AvgIpc) is 2.56. The van der Waals surface area contributed by atoms with E-state index >= 15 is 0 Å². The van der Waals surface area contributed by atoms with E-state index < -0.39 is 11.5 Å². The molecule has 122 valence electrons. The van der Waals surface area contributed by atoms with Crippen LogP contribution in [0.5, 0.6) is 0 Å². The maximum Gasteiger partial charge on any atom is 0.329 e. The molecule has 0 aromatic heterocycles. The molecule has 1 aliphatic carbocycles. The lowest BCUT2D eigenvalue weighted by molar-refractivity contribution is -0.146. The summed E-state index contributed by atoms with van der Waals surface area (Å²) in [5.41, 5.74) is -0.0243. The molecule has 0 radical (unpaired) electrons. The van der Waals surface area contributed by atoms with Crippen LogP contribution in [0.4, 0.5) is 0 Å². The zero-order valence-electron chi connectivity index (χ0n) is 13.3. The highest BCUT2D eigenvalue weighted by Crippen LogP contribution is 2.34. The number of carboxylic acid groups (broad SMARTS) is 1. The first-order chi connectivity index (χ1) is 11.0. The lowest BCUT2D eigenvalue weighted by Crippen LogP contribution is -2.56. The molecule has 0 spiro atoms. The van der Waals surface area contributed by atoms with Gasteiger partial charge in [0.1, 0.15) is 5.54 Å². The van der Waals surface area contributed by atoms with Crippen LogP contribution in [0.25, 0.3) is 0 Å². The number of carbonyl (C=O) groups excluding carboxylic acids is 1. The Balaban J connectivity index is 2.14. The third-order valence-corrected chi connectivity index (χ3v) is 4.77. The van der Waals surface area contributed by atoms with Gasteiger partial charge in [-0.25, -0.2) is 4.79 Å². The minimum absolute atomic E-state index is 0.226. The van der Waals surface area contributed by atoms with Gasteiger partial charge in [0.25, 0.3) is 5.91 Å². The van der Waals surface area contributed by atoms with Crippen LogP contribution in [-0.2, 0) is 11.2 Å². The molecule has 1 aromatic rings. The van der Waals surface area contributed by atoms with Crippen molar-refractivity contribution >= 4 is 11.9 Å². The molecular formula is C18H22N2O3. The molecule has 0 heterocycles. The van der Waals surface area contributed by atoms with Crippen molar-refractivity contribution in [2.24, 2.45) is 5.92 Å². The fourth-order valence-corrected chi connectivity index (χ4v) is 3.17. The highest BCUT2D eigenvalue weighted by Gasteiger charge is 2.43. The second-order valence-electron chi connectivity index (χ2n) is 6.23. The van der Waals surface area contributed by atoms with Gasteiger partial charge in [0.15, 0.2) is 0 Å². The number of nitrogens with one attached hydrogen (secondary N) is 1. The summed E-state index contributed by atoms with van der Waals surface area (Å²) in [6, 6.07) is 8.82. The molecule has 1 amide bonds. The summed E-state index contributed by atoms with van der Waals surface area (Å²) in [7, 11) is 0. The normalized spacial score (nSPS) is 23.7. The third-order valence-electron chi connectivity index (χ3n) is 4.77. The zero-order chi connectivity index (χ0) is 16.9. The van der Waals surface area contributed by atoms with Crippen molar-refractivity contribution in [3.8, 4) is 6.07 Å². The van der Waals surface area contributed by atoms with Gasteiger partial charge in [0.05, 0.1) is 12.5 Å². The molecule has 1 fully saturated rings. The predicted octanol–water partition coefficient (Wildman–Crippen LogP) is 2.91. The number of aliphatic carboxylic acids is 1. The van der Waals surface area contributed by atoms with Crippen LogP contribution in [0.1, 0.15) is 54.9 Å². The summed E-state index contributed by atoms with van der Waals surface area (Å²) in [5.74, 6) is -0.811. The first kappa shape index (κ1) is 17.0. The highest BCUT2D eigenvalue weighted by molar-refractivity contribution is 5.98. The van der Waals surface area contributed by atoms with Gasteiger partial charge >= 0.3 is 5.97 Å². The Morgan fingerprint density at radius 2 is 2.09 bits per heavy atom. The fraction of sp³-hybridized carbons (Fsp3) is 0.500. The van der Waals surface area contributed by atoms with E-state index in [1.807, 2.05) is 6.07 Å². The van der Waals surface area contributed by atoms with Gasteiger partial charge in [0.2, 0.25) is 0 Å². The predicted molar refractivity (Wildman–Crippen MR) is 85.8 cm³/mol. The second kappa shape index (κ2) is 7.28. The van der Waals surface area contributed by atoms with Crippen LogP contribution in [-0.4, -0.2) is 22.5 Å².